The van der Waals surface area contributed by atoms with Crippen LogP contribution in [-0.2, 0) is 4.79 Å². The highest BCUT2D eigenvalue weighted by Crippen LogP contribution is 2.24. The average Bonchev–Trinajstić information content (AvgIpc) is 2.33. The summed E-state index contributed by atoms with van der Waals surface area (Å²) in [6.07, 6.45) is -8.40. The second kappa shape index (κ2) is 6.39. The van der Waals surface area contributed by atoms with Gasteiger partial charge in [-0.2, -0.15) is 36.3 Å². The molecule has 1 rings (SSSR count). The Balaban J connectivity index is 2.92. The highest BCUT2D eigenvalue weighted by Gasteiger charge is 2.30. The Morgan fingerprint density at radius 3 is 1.76 bits per heavy atom. The van der Waals surface area contributed by atoms with Crippen LogP contribution in [0.1, 0.15) is 0 Å². The predicted molar refractivity (Wildman–Crippen MR) is 52.9 cm³/mol. The fourth-order valence-electron chi connectivity index (χ4n) is 0.943. The molecule has 12 heteroatoms. The maximum atomic E-state index is 12.0. The molecule has 0 bridgehead atoms. The Morgan fingerprint density at radius 1 is 1.00 bits per heavy atom. The highest BCUT2D eigenvalue weighted by atomic mass is 19.4. The van der Waals surface area contributed by atoms with Crippen LogP contribution in [0.15, 0.2) is 11.1 Å². The number of aromatic nitrogens is 2. The summed E-state index contributed by atoms with van der Waals surface area (Å²) < 4.78 is 80.2. The number of hydrogen-bond donors (Lipinski definition) is 0. The van der Waals surface area contributed by atoms with Crippen molar-refractivity contribution in [3.63, 3.8) is 0 Å². The molecule has 0 aliphatic heterocycles. The first-order valence-electron chi connectivity index (χ1n) is 4.95. The summed E-state index contributed by atoms with van der Waals surface area (Å²) >= 11 is 0. The zero-order chi connectivity index (χ0) is 16.1. The molecule has 116 valence electrons. The SMILES string of the molecule is O=C=Nc1nc(OCC(F)(F)F)cc(OCC(F)(F)F)n1. The summed E-state index contributed by atoms with van der Waals surface area (Å²) in [5, 5.41) is 0. The van der Waals surface area contributed by atoms with E-state index in [2.05, 4.69) is 24.4 Å². The van der Waals surface area contributed by atoms with Crippen LogP contribution in [0.2, 0.25) is 0 Å². The summed E-state index contributed by atoms with van der Waals surface area (Å²) in [6.45, 7) is -3.49. The molecule has 0 amide bonds. The topological polar surface area (TPSA) is 73.7 Å². The molecule has 0 N–H and O–H groups in total. The number of halogens is 6. The molecule has 0 aliphatic carbocycles. The molecule has 21 heavy (non-hydrogen) atoms. The summed E-state index contributed by atoms with van der Waals surface area (Å²) in [7, 11) is 0. The van der Waals surface area contributed by atoms with Crippen LogP contribution in [0.25, 0.3) is 0 Å². The van der Waals surface area contributed by atoms with Gasteiger partial charge in [0.25, 0.3) is 5.95 Å². The Hall–Kier alpha value is -2.36. The normalized spacial score (nSPS) is 11.7. The zero-order valence-corrected chi connectivity index (χ0v) is 9.83. The molecule has 0 aromatic carbocycles. The van der Waals surface area contributed by atoms with Crippen LogP contribution < -0.4 is 9.47 Å². The third kappa shape index (κ3) is 7.11. The van der Waals surface area contributed by atoms with Crippen LogP contribution >= 0.6 is 0 Å². The van der Waals surface area contributed by atoms with Gasteiger partial charge in [-0.1, -0.05) is 0 Å². The van der Waals surface area contributed by atoms with Crippen LogP contribution in [0.5, 0.6) is 11.8 Å². The van der Waals surface area contributed by atoms with E-state index < -0.39 is 43.3 Å². The van der Waals surface area contributed by atoms with E-state index in [4.69, 9.17) is 0 Å². The Labute approximate surface area is 112 Å². The molecule has 0 fully saturated rings. The number of alkyl halides is 6. The first-order valence-corrected chi connectivity index (χ1v) is 4.95. The van der Waals surface area contributed by atoms with Gasteiger partial charge in [-0.25, -0.2) is 4.79 Å². The molecular weight excluding hydrogens is 312 g/mol. The first kappa shape index (κ1) is 16.7. The van der Waals surface area contributed by atoms with Gasteiger partial charge >= 0.3 is 12.4 Å². The second-order valence-electron chi connectivity index (χ2n) is 3.36. The number of carbonyl (C=O) groups excluding carboxylic acids is 1. The Morgan fingerprint density at radius 2 is 1.43 bits per heavy atom. The molecule has 0 radical (unpaired) electrons. The molecule has 1 aromatic rings. The van der Waals surface area contributed by atoms with Gasteiger partial charge in [0.05, 0.1) is 6.07 Å². The van der Waals surface area contributed by atoms with Crippen molar-refractivity contribution in [2.24, 2.45) is 4.99 Å². The largest absolute Gasteiger partial charge is 0.468 e. The van der Waals surface area contributed by atoms with Crippen molar-refractivity contribution in [1.29, 1.82) is 0 Å². The van der Waals surface area contributed by atoms with E-state index in [1.165, 1.54) is 0 Å². The standard InChI is InChI=1S/C9H5F6N3O3/c10-8(11,12)2-20-5-1-6(21-3-9(13,14)15)18-7(17-5)16-4-19/h1H,2-3H2. The fraction of sp³-hybridized carbons (Fsp3) is 0.444. The minimum absolute atomic E-state index is 0.599. The van der Waals surface area contributed by atoms with Crippen molar-refractivity contribution in [3.8, 4) is 11.8 Å². The van der Waals surface area contributed by atoms with Gasteiger partial charge in [-0.15, -0.1) is 4.99 Å². The monoisotopic (exact) mass is 317 g/mol. The van der Waals surface area contributed by atoms with E-state index in [1.54, 1.807) is 0 Å². The van der Waals surface area contributed by atoms with Gasteiger partial charge in [0.15, 0.2) is 13.2 Å². The lowest BCUT2D eigenvalue weighted by Gasteiger charge is -2.11. The number of ether oxygens (including phenoxy) is 2. The second-order valence-corrected chi connectivity index (χ2v) is 3.36. The van der Waals surface area contributed by atoms with Gasteiger partial charge in [0, 0.05) is 0 Å². The number of aliphatic imine (C=N–C) groups is 1. The van der Waals surface area contributed by atoms with E-state index >= 15 is 0 Å². The van der Waals surface area contributed by atoms with Gasteiger partial charge < -0.3 is 9.47 Å². The summed E-state index contributed by atoms with van der Waals surface area (Å²) in [4.78, 5) is 19.4. The smallest absolute Gasteiger partial charge is 0.422 e. The van der Waals surface area contributed by atoms with Gasteiger partial charge in [0.2, 0.25) is 17.8 Å². The molecule has 0 aliphatic rings. The van der Waals surface area contributed by atoms with E-state index in [-0.39, 0.29) is 0 Å². The molecular formula is C9H5F6N3O3. The van der Waals surface area contributed by atoms with Crippen molar-refractivity contribution < 1.29 is 40.6 Å². The lowest BCUT2D eigenvalue weighted by molar-refractivity contribution is -0.154. The fourth-order valence-corrected chi connectivity index (χ4v) is 0.943. The van der Waals surface area contributed by atoms with Crippen molar-refractivity contribution in [3.05, 3.63) is 6.07 Å². The lowest BCUT2D eigenvalue weighted by atomic mass is 10.5. The Bertz CT molecular complexity index is 502. The van der Waals surface area contributed by atoms with Gasteiger partial charge in [0.1, 0.15) is 0 Å². The molecule has 6 nitrogen and oxygen atoms in total. The molecule has 0 unspecified atom stereocenters. The van der Waals surface area contributed by atoms with Gasteiger partial charge in [-0.3, -0.25) is 0 Å². The molecule has 0 spiro atoms. The van der Waals surface area contributed by atoms with Crippen molar-refractivity contribution in [2.45, 2.75) is 12.4 Å². The number of hydrogen-bond acceptors (Lipinski definition) is 6. The third-order valence-corrected chi connectivity index (χ3v) is 1.58. The maximum absolute atomic E-state index is 12.0. The third-order valence-electron chi connectivity index (χ3n) is 1.58. The van der Waals surface area contributed by atoms with Crippen molar-refractivity contribution >= 4 is 12.0 Å². The minimum atomic E-state index is -4.69. The number of isocyanates is 1. The van der Waals surface area contributed by atoms with Crippen LogP contribution in [-0.4, -0.2) is 41.6 Å². The van der Waals surface area contributed by atoms with Gasteiger partial charge in [-0.05, 0) is 0 Å². The predicted octanol–water partition coefficient (Wildman–Crippen LogP) is 2.33. The zero-order valence-electron chi connectivity index (χ0n) is 9.83. The summed E-state index contributed by atoms with van der Waals surface area (Å²) in [5.74, 6) is -2.26. The van der Waals surface area contributed by atoms with Crippen molar-refractivity contribution in [1.82, 2.24) is 9.97 Å². The van der Waals surface area contributed by atoms with Crippen molar-refractivity contribution in [2.75, 3.05) is 13.2 Å². The number of nitrogens with zero attached hydrogens (tertiary/aromatic N) is 3. The molecule has 0 saturated carbocycles. The molecule has 1 heterocycles. The van der Waals surface area contributed by atoms with E-state index in [0.29, 0.717) is 6.07 Å². The first-order chi connectivity index (χ1) is 9.59. The maximum Gasteiger partial charge on any atom is 0.422 e. The van der Waals surface area contributed by atoms with E-state index in [0.717, 1.165) is 6.08 Å². The molecule has 0 saturated heterocycles. The summed E-state index contributed by atoms with van der Waals surface area (Å²) in [6, 6.07) is 0.599. The average molecular weight is 317 g/mol. The van der Waals surface area contributed by atoms with E-state index in [1.807, 2.05) is 0 Å². The quantitative estimate of drug-likeness (QED) is 0.473. The molecule has 1 aromatic heterocycles. The highest BCUT2D eigenvalue weighted by molar-refractivity contribution is 5.42. The number of rotatable bonds is 5. The van der Waals surface area contributed by atoms with Crippen LogP contribution in [0.4, 0.5) is 32.3 Å². The van der Waals surface area contributed by atoms with E-state index in [9.17, 15) is 31.1 Å². The lowest BCUT2D eigenvalue weighted by Crippen LogP contribution is -2.21. The van der Waals surface area contributed by atoms with Crippen LogP contribution in [0.3, 0.4) is 0 Å². The summed E-state index contributed by atoms with van der Waals surface area (Å²) in [5.41, 5.74) is 0. The minimum Gasteiger partial charge on any atom is -0.468 e. The van der Waals surface area contributed by atoms with Crippen LogP contribution in [0, 0.1) is 0 Å². The molecule has 0 atom stereocenters. The Kier molecular flexibility index (Phi) is 5.08.